The highest BCUT2D eigenvalue weighted by Gasteiger charge is 2.55. The fraction of sp³-hybridized carbons (Fsp3) is 0.167. The molecule has 3 rings (SSSR count). The molecular weight excluding hydrogens is 366 g/mol. The van der Waals surface area contributed by atoms with E-state index in [9.17, 15) is 27.2 Å². The summed E-state index contributed by atoms with van der Waals surface area (Å²) in [6.07, 6.45) is -4.86. The number of fused-ring (bicyclic) bond motifs is 1. The number of quaternary nitrogens is 1. The zero-order valence-electron chi connectivity index (χ0n) is 13.8. The predicted molar refractivity (Wildman–Crippen MR) is 90.7 cm³/mol. The molecule has 5 nitrogen and oxygen atoms in total. The largest absolute Gasteiger partial charge is 0.439 e. The molecule has 0 saturated heterocycles. The summed E-state index contributed by atoms with van der Waals surface area (Å²) >= 11 is 0. The summed E-state index contributed by atoms with van der Waals surface area (Å²) in [5, 5.41) is 0. The number of para-hydroxylation sites is 1. The lowest BCUT2D eigenvalue weighted by Crippen LogP contribution is -2.65. The summed E-state index contributed by atoms with van der Waals surface area (Å²) in [5.74, 6) is -1.80. The van der Waals surface area contributed by atoms with Crippen molar-refractivity contribution in [2.45, 2.75) is 6.18 Å². The van der Waals surface area contributed by atoms with Crippen molar-refractivity contribution in [3.05, 3.63) is 65.5 Å². The Morgan fingerprint density at radius 3 is 2.26 bits per heavy atom. The van der Waals surface area contributed by atoms with Gasteiger partial charge < -0.3 is 5.73 Å². The number of rotatable bonds is 2. The van der Waals surface area contributed by atoms with Crippen molar-refractivity contribution in [1.29, 1.82) is 0 Å². The number of urea groups is 1. The molecule has 2 N–H and O–H groups in total. The van der Waals surface area contributed by atoms with Crippen LogP contribution in [0.25, 0.3) is 0 Å². The SMILES string of the molecule is NC(=O)[N@+]1(CC(F)(F)F)C(=O)CN=C(c2ccccc2F)c2ccccc21. The maximum atomic E-state index is 14.3. The van der Waals surface area contributed by atoms with Crippen molar-refractivity contribution < 1.29 is 27.2 Å². The number of hydrogen-bond acceptors (Lipinski definition) is 3. The lowest BCUT2D eigenvalue weighted by Gasteiger charge is -2.31. The van der Waals surface area contributed by atoms with Crippen LogP contribution in [0.1, 0.15) is 11.1 Å². The topological polar surface area (TPSA) is 72.5 Å². The van der Waals surface area contributed by atoms with E-state index in [-0.39, 0.29) is 22.5 Å². The lowest BCUT2D eigenvalue weighted by atomic mass is 9.99. The molecule has 0 radical (unpaired) electrons. The summed E-state index contributed by atoms with van der Waals surface area (Å²) in [6.45, 7) is -2.56. The summed E-state index contributed by atoms with van der Waals surface area (Å²) < 4.78 is 52.3. The van der Waals surface area contributed by atoms with E-state index in [1.165, 1.54) is 48.5 Å². The number of aliphatic imine (C=N–C) groups is 1. The number of benzene rings is 2. The zero-order valence-corrected chi connectivity index (χ0v) is 13.8. The maximum absolute atomic E-state index is 14.3. The Balaban J connectivity index is 2.31. The molecule has 0 saturated carbocycles. The van der Waals surface area contributed by atoms with Gasteiger partial charge in [-0.25, -0.2) is 14.0 Å². The number of amides is 3. The number of nitrogens with two attached hydrogens (primary N) is 1. The third-order valence-electron chi connectivity index (χ3n) is 4.29. The van der Waals surface area contributed by atoms with Crippen molar-refractivity contribution in [3.8, 4) is 0 Å². The summed E-state index contributed by atoms with van der Waals surface area (Å²) in [5.41, 5.74) is 5.03. The smallest absolute Gasteiger partial charge is 0.318 e. The van der Waals surface area contributed by atoms with Crippen LogP contribution in [0.3, 0.4) is 0 Å². The molecule has 0 spiro atoms. The number of hydrogen-bond donors (Lipinski definition) is 1. The molecule has 0 aliphatic carbocycles. The number of benzodiazepines with no additional fused rings is 1. The Bertz CT molecular complexity index is 956. The van der Waals surface area contributed by atoms with Crippen LogP contribution in [-0.2, 0) is 4.79 Å². The second kappa shape index (κ2) is 6.58. The van der Waals surface area contributed by atoms with Gasteiger partial charge in [-0.1, -0.05) is 24.3 Å². The van der Waals surface area contributed by atoms with E-state index in [2.05, 4.69) is 4.99 Å². The van der Waals surface area contributed by atoms with E-state index in [1.807, 2.05) is 0 Å². The van der Waals surface area contributed by atoms with Gasteiger partial charge >= 0.3 is 18.1 Å². The van der Waals surface area contributed by atoms with Crippen LogP contribution in [0, 0.1) is 5.82 Å². The highest BCUT2D eigenvalue weighted by molar-refractivity contribution is 6.22. The van der Waals surface area contributed by atoms with Crippen LogP contribution in [0.4, 0.5) is 28.0 Å². The fourth-order valence-corrected chi connectivity index (χ4v) is 3.14. The standard InChI is InChI=1S/C18H13F4N3O2/c19-13-7-3-1-5-11(13)16-12-6-2-4-8-14(12)25(17(23)27,10-18(20,21)22)15(26)9-24-16/h1-8H,9-10H2,(H-,23,27)/p+1/t25-/m0/s1. The zero-order chi connectivity index (χ0) is 19.8. The van der Waals surface area contributed by atoms with Crippen LogP contribution >= 0.6 is 0 Å². The van der Waals surface area contributed by atoms with Crippen LogP contribution in [0.2, 0.25) is 0 Å². The Labute approximate surface area is 151 Å². The van der Waals surface area contributed by atoms with Gasteiger partial charge in [0.25, 0.3) is 0 Å². The van der Waals surface area contributed by atoms with Crippen LogP contribution in [0.5, 0.6) is 0 Å². The van der Waals surface area contributed by atoms with E-state index < -0.39 is 41.5 Å². The molecule has 2 aromatic rings. The summed E-state index contributed by atoms with van der Waals surface area (Å²) in [7, 11) is 0. The first kappa shape index (κ1) is 18.7. The third kappa shape index (κ3) is 3.21. The quantitative estimate of drug-likeness (QED) is 0.642. The van der Waals surface area contributed by atoms with Crippen LogP contribution in [-0.4, -0.2) is 36.9 Å². The molecule has 0 bridgehead atoms. The molecule has 1 atom stereocenters. The van der Waals surface area contributed by atoms with Crippen molar-refractivity contribution in [1.82, 2.24) is 4.48 Å². The first-order valence-corrected chi connectivity index (χ1v) is 7.84. The van der Waals surface area contributed by atoms with Gasteiger partial charge in [0.15, 0.2) is 18.8 Å². The molecule has 0 aromatic heterocycles. The van der Waals surface area contributed by atoms with Crippen molar-refractivity contribution in [2.24, 2.45) is 10.7 Å². The Hall–Kier alpha value is -3.07. The Kier molecular flexibility index (Phi) is 4.56. The number of carbonyl (C=O) groups excluding carboxylic acids is 2. The number of carbonyl (C=O) groups is 2. The molecule has 3 amide bonds. The summed E-state index contributed by atoms with van der Waals surface area (Å²) in [6, 6.07) is 9.51. The average Bonchev–Trinajstić information content (AvgIpc) is 2.71. The van der Waals surface area contributed by atoms with Gasteiger partial charge in [0.2, 0.25) is 0 Å². The van der Waals surface area contributed by atoms with E-state index in [0.717, 1.165) is 0 Å². The van der Waals surface area contributed by atoms with Gasteiger partial charge in [-0.2, -0.15) is 13.2 Å². The maximum Gasteiger partial charge on any atom is 0.439 e. The number of primary amides is 1. The van der Waals surface area contributed by atoms with Crippen molar-refractivity contribution >= 4 is 23.3 Å². The van der Waals surface area contributed by atoms with E-state index >= 15 is 0 Å². The fourth-order valence-electron chi connectivity index (χ4n) is 3.14. The normalized spacial score (nSPS) is 19.9. The minimum Gasteiger partial charge on any atom is -0.318 e. The van der Waals surface area contributed by atoms with Gasteiger partial charge in [0.05, 0.1) is 11.3 Å². The number of imide groups is 1. The molecular formula is C18H14F4N3O2+. The first-order chi connectivity index (χ1) is 12.7. The first-order valence-electron chi connectivity index (χ1n) is 7.84. The van der Waals surface area contributed by atoms with Gasteiger partial charge in [-0.15, -0.1) is 4.48 Å². The van der Waals surface area contributed by atoms with Crippen molar-refractivity contribution in [3.63, 3.8) is 0 Å². The molecule has 27 heavy (non-hydrogen) atoms. The van der Waals surface area contributed by atoms with Gasteiger partial charge in [-0.3, -0.25) is 4.99 Å². The van der Waals surface area contributed by atoms with Crippen LogP contribution in [0.15, 0.2) is 53.5 Å². The predicted octanol–water partition coefficient (Wildman–Crippen LogP) is 3.15. The minimum atomic E-state index is -4.86. The third-order valence-corrected chi connectivity index (χ3v) is 4.29. The number of nitrogens with zero attached hydrogens (tertiary/aromatic N) is 2. The van der Waals surface area contributed by atoms with Gasteiger partial charge in [-0.05, 0) is 18.2 Å². The second-order valence-corrected chi connectivity index (χ2v) is 5.98. The summed E-state index contributed by atoms with van der Waals surface area (Å²) in [4.78, 5) is 28.8. The number of halogens is 4. The van der Waals surface area contributed by atoms with Crippen molar-refractivity contribution in [2.75, 3.05) is 13.1 Å². The molecule has 9 heteroatoms. The van der Waals surface area contributed by atoms with E-state index in [1.54, 1.807) is 0 Å². The number of alkyl halides is 3. The molecule has 1 aliphatic rings. The molecule has 0 unspecified atom stereocenters. The van der Waals surface area contributed by atoms with Gasteiger partial charge in [0.1, 0.15) is 5.82 Å². The Morgan fingerprint density at radius 1 is 1.07 bits per heavy atom. The van der Waals surface area contributed by atoms with E-state index in [4.69, 9.17) is 5.73 Å². The second-order valence-electron chi connectivity index (χ2n) is 5.98. The lowest BCUT2D eigenvalue weighted by molar-refractivity contribution is -0.152. The van der Waals surface area contributed by atoms with Gasteiger partial charge in [0, 0.05) is 11.6 Å². The average molecular weight is 380 g/mol. The van der Waals surface area contributed by atoms with E-state index in [0.29, 0.717) is 0 Å². The molecule has 2 aromatic carbocycles. The highest BCUT2D eigenvalue weighted by atomic mass is 19.4. The minimum absolute atomic E-state index is 0.00855. The Morgan fingerprint density at radius 2 is 1.67 bits per heavy atom. The molecule has 140 valence electrons. The van der Waals surface area contributed by atoms with Crippen LogP contribution < -0.4 is 10.2 Å². The molecule has 1 aliphatic heterocycles. The monoisotopic (exact) mass is 380 g/mol. The molecule has 1 heterocycles. The highest BCUT2D eigenvalue weighted by Crippen LogP contribution is 2.36. The molecule has 0 fully saturated rings.